The number of carbonyl (C=O) groups is 1. The van der Waals surface area contributed by atoms with E-state index in [1.54, 1.807) is 6.92 Å². The van der Waals surface area contributed by atoms with E-state index in [0.29, 0.717) is 29.7 Å². The quantitative estimate of drug-likeness (QED) is 0.198. The molecule has 0 saturated carbocycles. The zero-order valence-corrected chi connectivity index (χ0v) is 21.6. The molecule has 168 valence electrons. The summed E-state index contributed by atoms with van der Waals surface area (Å²) in [5.74, 6) is 1.23. The molecule has 1 atom stereocenters. The second-order valence-electron chi connectivity index (χ2n) is 6.82. The maximum atomic E-state index is 12.1. The first kappa shape index (κ1) is 25.1. The van der Waals surface area contributed by atoms with Crippen molar-refractivity contribution in [2.75, 3.05) is 13.2 Å². The van der Waals surface area contributed by atoms with Crippen LogP contribution in [0.3, 0.4) is 0 Å². The predicted molar refractivity (Wildman–Crippen MR) is 135 cm³/mol. The summed E-state index contributed by atoms with van der Waals surface area (Å²) in [6, 6.07) is 7.92. The number of fused-ring (bicyclic) bond motifs is 1. The Morgan fingerprint density at radius 1 is 1.29 bits per heavy atom. The molecule has 8 nitrogen and oxygen atoms in total. The van der Waals surface area contributed by atoms with Crippen molar-refractivity contribution in [1.82, 2.24) is 25.2 Å². The van der Waals surface area contributed by atoms with Crippen LogP contribution in [0.1, 0.15) is 53.0 Å². The Balaban J connectivity index is 0.00000341. The molecular weight excluding hydrogens is 527 g/mol. The van der Waals surface area contributed by atoms with Crippen molar-refractivity contribution in [3.8, 4) is 0 Å². The number of benzene rings is 1. The van der Waals surface area contributed by atoms with Crippen LogP contribution in [0.25, 0.3) is 11.0 Å². The lowest BCUT2D eigenvalue weighted by molar-refractivity contribution is 0.0531. The van der Waals surface area contributed by atoms with E-state index >= 15 is 0 Å². The number of rotatable bonds is 7. The number of aryl methyl sites for hydroxylation is 2. The molecule has 0 radical (unpaired) electrons. The molecule has 0 spiro atoms. The standard InChI is InChI=1S/C21H28N6O2S.HI/c1-6-22-21(23-12-17-26-15-10-8-9-11-16(15)27(17)5)25-14(4)19-24-13(3)18(30-19)20(28)29-7-2;/h8-11,14H,6-7,12H2,1-5H3,(H2,22,23,25);1H. The fraction of sp³-hybridized carbons (Fsp3) is 0.429. The average Bonchev–Trinajstić information content (AvgIpc) is 3.27. The number of hydrogen-bond acceptors (Lipinski definition) is 6. The van der Waals surface area contributed by atoms with E-state index in [1.165, 1.54) is 11.3 Å². The lowest BCUT2D eigenvalue weighted by atomic mass is 10.3. The first-order valence-electron chi connectivity index (χ1n) is 10.0. The highest BCUT2D eigenvalue weighted by molar-refractivity contribution is 14.0. The molecule has 31 heavy (non-hydrogen) atoms. The minimum Gasteiger partial charge on any atom is -0.462 e. The highest BCUT2D eigenvalue weighted by Gasteiger charge is 2.20. The van der Waals surface area contributed by atoms with Crippen molar-refractivity contribution in [3.63, 3.8) is 0 Å². The van der Waals surface area contributed by atoms with Crippen molar-refractivity contribution >= 4 is 58.3 Å². The van der Waals surface area contributed by atoms with E-state index in [2.05, 4.69) is 25.2 Å². The third-order valence-electron chi connectivity index (χ3n) is 4.60. The Morgan fingerprint density at radius 2 is 2.03 bits per heavy atom. The molecule has 0 aliphatic heterocycles. The van der Waals surface area contributed by atoms with Gasteiger partial charge in [0.05, 0.1) is 29.4 Å². The Bertz CT molecular complexity index is 1060. The number of para-hydroxylation sites is 2. The molecule has 0 bridgehead atoms. The number of aliphatic imine (C=N–C) groups is 1. The molecule has 0 aliphatic rings. The first-order valence-corrected chi connectivity index (χ1v) is 10.9. The topological polar surface area (TPSA) is 93.4 Å². The zero-order chi connectivity index (χ0) is 21.7. The fourth-order valence-corrected chi connectivity index (χ4v) is 4.02. The predicted octanol–water partition coefficient (Wildman–Crippen LogP) is 3.95. The summed E-state index contributed by atoms with van der Waals surface area (Å²) < 4.78 is 7.17. The van der Waals surface area contributed by atoms with Gasteiger partial charge in [0.25, 0.3) is 0 Å². The van der Waals surface area contributed by atoms with E-state index in [4.69, 9.17) is 9.73 Å². The number of thiazole rings is 1. The number of imidazole rings is 1. The number of esters is 1. The molecule has 2 aromatic heterocycles. The van der Waals surface area contributed by atoms with Crippen LogP contribution in [0, 0.1) is 6.92 Å². The van der Waals surface area contributed by atoms with E-state index in [9.17, 15) is 4.79 Å². The number of nitrogens with zero attached hydrogens (tertiary/aromatic N) is 4. The molecule has 2 N–H and O–H groups in total. The monoisotopic (exact) mass is 556 g/mol. The van der Waals surface area contributed by atoms with Crippen LogP contribution in [-0.2, 0) is 18.3 Å². The summed E-state index contributed by atoms with van der Waals surface area (Å²) in [7, 11) is 2.00. The van der Waals surface area contributed by atoms with Gasteiger partial charge < -0.3 is 19.9 Å². The van der Waals surface area contributed by atoms with Crippen LogP contribution in [-0.4, -0.2) is 39.6 Å². The molecule has 3 rings (SSSR count). The number of carbonyl (C=O) groups excluding carboxylic acids is 1. The molecule has 0 saturated heterocycles. The number of aromatic nitrogens is 3. The average molecular weight is 556 g/mol. The van der Waals surface area contributed by atoms with Crippen LogP contribution < -0.4 is 10.6 Å². The normalized spacial score (nSPS) is 12.4. The van der Waals surface area contributed by atoms with Gasteiger partial charge in [-0.2, -0.15) is 0 Å². The van der Waals surface area contributed by atoms with Gasteiger partial charge in [0.15, 0.2) is 5.96 Å². The SMILES string of the molecule is CCNC(=NCc1nc2ccccc2n1C)NC(C)c1nc(C)c(C(=O)OCC)s1.I. The van der Waals surface area contributed by atoms with Gasteiger partial charge >= 0.3 is 5.97 Å². The molecule has 10 heteroatoms. The summed E-state index contributed by atoms with van der Waals surface area (Å²) in [5.41, 5.74) is 2.73. The first-order chi connectivity index (χ1) is 14.4. The summed E-state index contributed by atoms with van der Waals surface area (Å²) in [6.45, 7) is 9.15. The van der Waals surface area contributed by atoms with Crippen LogP contribution in [0.4, 0.5) is 0 Å². The van der Waals surface area contributed by atoms with Crippen molar-refractivity contribution < 1.29 is 9.53 Å². The van der Waals surface area contributed by atoms with Gasteiger partial charge in [0, 0.05) is 13.6 Å². The Kier molecular flexibility index (Phi) is 9.23. The number of ether oxygens (including phenoxy) is 1. The van der Waals surface area contributed by atoms with E-state index in [0.717, 1.165) is 28.4 Å². The molecule has 1 aromatic carbocycles. The van der Waals surface area contributed by atoms with Crippen LogP contribution in [0.5, 0.6) is 0 Å². The molecule has 0 fully saturated rings. The third-order valence-corrected chi connectivity index (χ3v) is 5.92. The van der Waals surface area contributed by atoms with Gasteiger partial charge in [-0.3, -0.25) is 0 Å². The fourth-order valence-electron chi connectivity index (χ4n) is 3.06. The molecule has 0 aliphatic carbocycles. The summed E-state index contributed by atoms with van der Waals surface area (Å²) in [6.07, 6.45) is 0. The summed E-state index contributed by atoms with van der Waals surface area (Å²) in [5, 5.41) is 7.43. The van der Waals surface area contributed by atoms with Crippen molar-refractivity contribution in [2.24, 2.45) is 12.0 Å². The van der Waals surface area contributed by atoms with Gasteiger partial charge in [-0.1, -0.05) is 12.1 Å². The van der Waals surface area contributed by atoms with E-state index in [-0.39, 0.29) is 36.0 Å². The van der Waals surface area contributed by atoms with Crippen molar-refractivity contribution in [3.05, 3.63) is 45.7 Å². The highest BCUT2D eigenvalue weighted by atomic mass is 127. The van der Waals surface area contributed by atoms with Gasteiger partial charge in [0.1, 0.15) is 22.3 Å². The van der Waals surface area contributed by atoms with Gasteiger partial charge in [-0.25, -0.2) is 19.8 Å². The van der Waals surface area contributed by atoms with Crippen molar-refractivity contribution in [1.29, 1.82) is 0 Å². The highest BCUT2D eigenvalue weighted by Crippen LogP contribution is 2.24. The lowest BCUT2D eigenvalue weighted by Gasteiger charge is -2.16. The summed E-state index contributed by atoms with van der Waals surface area (Å²) >= 11 is 1.35. The largest absolute Gasteiger partial charge is 0.462 e. The number of nitrogens with one attached hydrogen (secondary N) is 2. The number of hydrogen-bond donors (Lipinski definition) is 2. The molecule has 0 amide bonds. The van der Waals surface area contributed by atoms with Gasteiger partial charge in [-0.05, 0) is 39.8 Å². The molecular formula is C21H29IN6O2S. The number of halogens is 1. The minimum atomic E-state index is -0.326. The third kappa shape index (κ3) is 5.94. The van der Waals surface area contributed by atoms with Gasteiger partial charge in [-0.15, -0.1) is 35.3 Å². The Morgan fingerprint density at radius 3 is 2.71 bits per heavy atom. The second kappa shape index (κ2) is 11.4. The van der Waals surface area contributed by atoms with Crippen LogP contribution in [0.15, 0.2) is 29.3 Å². The van der Waals surface area contributed by atoms with E-state index in [1.807, 2.05) is 52.1 Å². The van der Waals surface area contributed by atoms with Crippen LogP contribution in [0.2, 0.25) is 0 Å². The van der Waals surface area contributed by atoms with Crippen molar-refractivity contribution in [2.45, 2.75) is 40.3 Å². The second-order valence-corrected chi connectivity index (χ2v) is 7.85. The molecule has 3 aromatic rings. The molecule has 2 heterocycles. The maximum absolute atomic E-state index is 12.1. The summed E-state index contributed by atoms with van der Waals surface area (Å²) in [4.78, 5) is 26.5. The smallest absolute Gasteiger partial charge is 0.350 e. The Hall–Kier alpha value is -2.21. The van der Waals surface area contributed by atoms with Gasteiger partial charge in [0.2, 0.25) is 0 Å². The van der Waals surface area contributed by atoms with Crippen LogP contribution >= 0.6 is 35.3 Å². The minimum absolute atomic E-state index is 0. The molecule has 1 unspecified atom stereocenters. The Labute approximate surface area is 203 Å². The zero-order valence-electron chi connectivity index (χ0n) is 18.4. The van der Waals surface area contributed by atoms with E-state index < -0.39 is 0 Å². The lowest BCUT2D eigenvalue weighted by Crippen LogP contribution is -2.38. The number of guanidine groups is 1. The maximum Gasteiger partial charge on any atom is 0.350 e.